The minimum absolute atomic E-state index is 0.267. The van der Waals surface area contributed by atoms with E-state index in [-0.39, 0.29) is 11.8 Å². The van der Waals surface area contributed by atoms with Crippen molar-refractivity contribution in [2.45, 2.75) is 12.5 Å². The van der Waals surface area contributed by atoms with Crippen LogP contribution in [0.3, 0.4) is 0 Å². The maximum atomic E-state index is 13.0. The van der Waals surface area contributed by atoms with Crippen molar-refractivity contribution >= 4 is 46.1 Å². The van der Waals surface area contributed by atoms with Crippen molar-refractivity contribution in [2.75, 3.05) is 24.3 Å². The van der Waals surface area contributed by atoms with E-state index in [1.807, 2.05) is 60.8 Å². The van der Waals surface area contributed by atoms with Crippen LogP contribution < -0.4 is 15.5 Å². The molecule has 0 saturated heterocycles. The van der Waals surface area contributed by atoms with Gasteiger partial charge in [0.25, 0.3) is 5.91 Å². The zero-order valence-corrected chi connectivity index (χ0v) is 17.8. The van der Waals surface area contributed by atoms with Gasteiger partial charge >= 0.3 is 0 Å². The molecule has 3 aromatic rings. The second-order valence-corrected chi connectivity index (χ2v) is 8.10. The highest BCUT2D eigenvalue weighted by Crippen LogP contribution is 2.27. The Morgan fingerprint density at radius 3 is 2.45 bits per heavy atom. The SMILES string of the molecule is CN(C)c1ccc(NC(=O)C(Cc2ccccc2)NC(=O)c2cccs2)cc1Cl. The molecule has 0 aliphatic heterocycles. The number of rotatable bonds is 7. The molecule has 0 saturated carbocycles. The van der Waals surface area contributed by atoms with E-state index in [0.29, 0.717) is 22.0 Å². The van der Waals surface area contributed by atoms with Gasteiger partial charge in [-0.05, 0) is 35.2 Å². The van der Waals surface area contributed by atoms with Gasteiger partial charge in [-0.15, -0.1) is 11.3 Å². The lowest BCUT2D eigenvalue weighted by Crippen LogP contribution is -2.45. The van der Waals surface area contributed by atoms with Crippen molar-refractivity contribution in [1.29, 1.82) is 0 Å². The number of amides is 2. The van der Waals surface area contributed by atoms with Crippen LogP contribution in [0.4, 0.5) is 11.4 Å². The largest absolute Gasteiger partial charge is 0.376 e. The van der Waals surface area contributed by atoms with E-state index in [1.54, 1.807) is 24.3 Å². The van der Waals surface area contributed by atoms with Crippen molar-refractivity contribution in [3.8, 4) is 0 Å². The minimum atomic E-state index is -0.723. The summed E-state index contributed by atoms with van der Waals surface area (Å²) in [4.78, 5) is 28.0. The van der Waals surface area contributed by atoms with E-state index in [4.69, 9.17) is 11.6 Å². The van der Waals surface area contributed by atoms with Gasteiger partial charge < -0.3 is 15.5 Å². The number of carbonyl (C=O) groups is 2. The summed E-state index contributed by atoms with van der Waals surface area (Å²) in [5.74, 6) is -0.565. The Bertz CT molecular complexity index is 975. The number of nitrogens with zero attached hydrogens (tertiary/aromatic N) is 1. The van der Waals surface area contributed by atoms with Crippen LogP contribution in [0, 0.1) is 0 Å². The first-order chi connectivity index (χ1) is 13.9. The number of halogens is 1. The van der Waals surface area contributed by atoms with Crippen molar-refractivity contribution in [2.24, 2.45) is 0 Å². The Hall–Kier alpha value is -2.83. The third-order valence-electron chi connectivity index (χ3n) is 4.35. The number of carbonyl (C=O) groups excluding carboxylic acids is 2. The highest BCUT2D eigenvalue weighted by molar-refractivity contribution is 7.12. The van der Waals surface area contributed by atoms with Gasteiger partial charge in [0, 0.05) is 26.2 Å². The summed E-state index contributed by atoms with van der Waals surface area (Å²) in [6, 6.07) is 17.7. The van der Waals surface area contributed by atoms with E-state index in [9.17, 15) is 9.59 Å². The molecule has 1 atom stereocenters. The summed E-state index contributed by atoms with van der Waals surface area (Å²) in [5, 5.41) is 8.08. The van der Waals surface area contributed by atoms with E-state index >= 15 is 0 Å². The molecule has 150 valence electrons. The molecule has 29 heavy (non-hydrogen) atoms. The lowest BCUT2D eigenvalue weighted by Gasteiger charge is -2.19. The maximum Gasteiger partial charge on any atom is 0.262 e. The van der Waals surface area contributed by atoms with Gasteiger partial charge in [0.15, 0.2) is 0 Å². The molecule has 0 bridgehead atoms. The average molecular weight is 428 g/mol. The molecule has 0 aliphatic rings. The van der Waals surface area contributed by atoms with E-state index in [1.165, 1.54) is 11.3 Å². The number of nitrogens with one attached hydrogen (secondary N) is 2. The van der Waals surface area contributed by atoms with Crippen LogP contribution in [-0.4, -0.2) is 32.0 Å². The molecule has 2 N–H and O–H groups in total. The first-order valence-corrected chi connectivity index (χ1v) is 10.4. The summed E-state index contributed by atoms with van der Waals surface area (Å²) in [6.45, 7) is 0. The van der Waals surface area contributed by atoms with E-state index < -0.39 is 6.04 Å². The van der Waals surface area contributed by atoms with Gasteiger partial charge in [0.05, 0.1) is 15.6 Å². The fourth-order valence-electron chi connectivity index (χ4n) is 2.87. The first kappa shape index (κ1) is 20.9. The molecule has 1 unspecified atom stereocenters. The van der Waals surface area contributed by atoms with Gasteiger partial charge in [-0.1, -0.05) is 48.0 Å². The van der Waals surface area contributed by atoms with Crippen molar-refractivity contribution in [3.63, 3.8) is 0 Å². The third-order valence-corrected chi connectivity index (χ3v) is 5.52. The van der Waals surface area contributed by atoms with Crippen molar-refractivity contribution < 1.29 is 9.59 Å². The van der Waals surface area contributed by atoms with Crippen LogP contribution in [-0.2, 0) is 11.2 Å². The Kier molecular flexibility index (Phi) is 6.90. The summed E-state index contributed by atoms with van der Waals surface area (Å²) >= 11 is 7.64. The number of hydrogen-bond acceptors (Lipinski definition) is 4. The number of thiophene rings is 1. The molecule has 1 heterocycles. The Balaban J connectivity index is 1.78. The topological polar surface area (TPSA) is 61.4 Å². The summed E-state index contributed by atoms with van der Waals surface area (Å²) in [6.07, 6.45) is 0.382. The number of anilines is 2. The molecule has 2 amide bonds. The Labute approximate surface area is 179 Å². The molecule has 0 spiro atoms. The van der Waals surface area contributed by atoms with Crippen LogP contribution >= 0.6 is 22.9 Å². The first-order valence-electron chi connectivity index (χ1n) is 9.10. The van der Waals surface area contributed by atoms with E-state index in [0.717, 1.165) is 11.3 Å². The Morgan fingerprint density at radius 1 is 1.07 bits per heavy atom. The third kappa shape index (κ3) is 5.59. The summed E-state index contributed by atoms with van der Waals surface area (Å²) in [7, 11) is 3.80. The molecule has 5 nitrogen and oxygen atoms in total. The molecule has 3 rings (SSSR count). The van der Waals surface area contributed by atoms with Crippen LogP contribution in [0.25, 0.3) is 0 Å². The summed E-state index contributed by atoms with van der Waals surface area (Å²) in [5.41, 5.74) is 2.39. The maximum absolute atomic E-state index is 13.0. The Morgan fingerprint density at radius 2 is 1.83 bits per heavy atom. The number of hydrogen-bond donors (Lipinski definition) is 2. The second kappa shape index (κ2) is 9.58. The highest BCUT2D eigenvalue weighted by atomic mass is 35.5. The fraction of sp³-hybridized carbons (Fsp3) is 0.182. The van der Waals surface area contributed by atoms with Crippen LogP contribution in [0.15, 0.2) is 66.0 Å². The molecule has 0 radical (unpaired) electrons. The van der Waals surface area contributed by atoms with Crippen LogP contribution in [0.1, 0.15) is 15.2 Å². The lowest BCUT2D eigenvalue weighted by molar-refractivity contribution is -0.118. The molecular formula is C22H22ClN3O2S. The zero-order valence-electron chi connectivity index (χ0n) is 16.2. The van der Waals surface area contributed by atoms with Crippen LogP contribution in [0.5, 0.6) is 0 Å². The summed E-state index contributed by atoms with van der Waals surface area (Å²) < 4.78 is 0. The predicted octanol–water partition coefficient (Wildman–Crippen LogP) is 4.45. The van der Waals surface area contributed by atoms with Crippen molar-refractivity contribution in [3.05, 3.63) is 81.5 Å². The van der Waals surface area contributed by atoms with Gasteiger partial charge in [-0.25, -0.2) is 0 Å². The molecule has 1 aromatic heterocycles. The van der Waals surface area contributed by atoms with Gasteiger partial charge in [0.1, 0.15) is 6.04 Å². The smallest absolute Gasteiger partial charge is 0.262 e. The van der Waals surface area contributed by atoms with Gasteiger partial charge in [-0.2, -0.15) is 0 Å². The zero-order chi connectivity index (χ0) is 20.8. The van der Waals surface area contributed by atoms with E-state index in [2.05, 4.69) is 10.6 Å². The molecular weight excluding hydrogens is 406 g/mol. The average Bonchev–Trinajstić information content (AvgIpc) is 3.23. The molecule has 7 heteroatoms. The molecule has 0 aliphatic carbocycles. The quantitative estimate of drug-likeness (QED) is 0.585. The van der Waals surface area contributed by atoms with Crippen molar-refractivity contribution in [1.82, 2.24) is 5.32 Å². The molecule has 0 fully saturated rings. The normalized spacial score (nSPS) is 11.6. The second-order valence-electron chi connectivity index (χ2n) is 6.74. The fourth-order valence-corrected chi connectivity index (χ4v) is 3.85. The standard InChI is InChI=1S/C22H22ClN3O2S/c1-26(2)19-11-10-16(14-17(19)23)24-21(27)18(13-15-7-4-3-5-8-15)25-22(28)20-9-6-12-29-20/h3-12,14,18H,13H2,1-2H3,(H,24,27)(H,25,28). The predicted molar refractivity (Wildman–Crippen MR) is 120 cm³/mol. The van der Waals surface area contributed by atoms with Gasteiger partial charge in [0.2, 0.25) is 5.91 Å². The highest BCUT2D eigenvalue weighted by Gasteiger charge is 2.23. The lowest BCUT2D eigenvalue weighted by atomic mass is 10.0. The van der Waals surface area contributed by atoms with Crippen LogP contribution in [0.2, 0.25) is 5.02 Å². The number of benzene rings is 2. The van der Waals surface area contributed by atoms with Gasteiger partial charge in [-0.3, -0.25) is 9.59 Å². The minimum Gasteiger partial charge on any atom is -0.376 e. The monoisotopic (exact) mass is 427 g/mol. The molecule has 2 aromatic carbocycles.